The first kappa shape index (κ1) is 20.1. The van der Waals surface area contributed by atoms with Crippen LogP contribution in [-0.2, 0) is 20.9 Å². The molecule has 0 spiro atoms. The minimum Gasteiger partial charge on any atom is -0.343 e. The number of likely N-dealkylation sites (tertiary alicyclic amines) is 1. The molecular formula is C19H23N5O3S. The third-order valence-corrected chi connectivity index (χ3v) is 5.42. The second-order valence-corrected chi connectivity index (χ2v) is 7.85. The molecule has 1 aromatic carbocycles. The standard InChI is InChI=1S/C19H23N5O3S/c1-12(2)24-17(26)9-15(18(24)27)20-16(25)11-28-19-22-21-13(3)23(19)10-14-7-5-4-6-8-14/h4-8,12,15H,9-11H2,1-3H3,(H,20,25)/t15-/m1/s1. The van der Waals surface area contributed by atoms with Gasteiger partial charge in [0.15, 0.2) is 5.16 Å². The predicted molar refractivity (Wildman–Crippen MR) is 105 cm³/mol. The molecule has 0 radical (unpaired) electrons. The number of nitrogens with zero attached hydrogens (tertiary/aromatic N) is 4. The molecule has 1 aliphatic heterocycles. The molecule has 9 heteroatoms. The molecule has 2 heterocycles. The predicted octanol–water partition coefficient (Wildman–Crippen LogP) is 1.38. The molecule has 148 valence electrons. The maximum absolute atomic E-state index is 12.3. The Labute approximate surface area is 167 Å². The molecule has 0 unspecified atom stereocenters. The molecule has 1 atom stereocenters. The fourth-order valence-electron chi connectivity index (χ4n) is 3.09. The number of hydrogen-bond donors (Lipinski definition) is 1. The summed E-state index contributed by atoms with van der Waals surface area (Å²) in [6, 6.07) is 8.93. The summed E-state index contributed by atoms with van der Waals surface area (Å²) in [5.74, 6) is -0.0609. The summed E-state index contributed by atoms with van der Waals surface area (Å²) in [5.41, 5.74) is 1.11. The molecule has 2 aromatic rings. The molecule has 8 nitrogen and oxygen atoms in total. The summed E-state index contributed by atoms with van der Waals surface area (Å²) in [6.07, 6.45) is 0.0106. The van der Waals surface area contributed by atoms with Crippen molar-refractivity contribution in [2.24, 2.45) is 0 Å². The highest BCUT2D eigenvalue weighted by atomic mass is 32.2. The number of rotatable bonds is 7. The van der Waals surface area contributed by atoms with Crippen LogP contribution in [0.3, 0.4) is 0 Å². The van der Waals surface area contributed by atoms with Crippen LogP contribution in [0, 0.1) is 6.92 Å². The van der Waals surface area contributed by atoms with Gasteiger partial charge in [-0.25, -0.2) is 0 Å². The van der Waals surface area contributed by atoms with Crippen LogP contribution in [0.15, 0.2) is 35.5 Å². The number of carbonyl (C=O) groups is 3. The van der Waals surface area contributed by atoms with Crippen molar-refractivity contribution in [3.63, 3.8) is 0 Å². The summed E-state index contributed by atoms with van der Waals surface area (Å²) in [7, 11) is 0. The number of benzene rings is 1. The van der Waals surface area contributed by atoms with Gasteiger partial charge in [-0.15, -0.1) is 10.2 Å². The number of aromatic nitrogens is 3. The van der Waals surface area contributed by atoms with Crippen molar-refractivity contribution in [2.45, 2.75) is 51.0 Å². The van der Waals surface area contributed by atoms with E-state index in [9.17, 15) is 14.4 Å². The van der Waals surface area contributed by atoms with Crippen molar-refractivity contribution in [1.82, 2.24) is 25.0 Å². The number of aryl methyl sites for hydroxylation is 1. The van der Waals surface area contributed by atoms with E-state index in [2.05, 4.69) is 15.5 Å². The van der Waals surface area contributed by atoms with Crippen LogP contribution in [0.25, 0.3) is 0 Å². The molecule has 0 saturated carbocycles. The summed E-state index contributed by atoms with van der Waals surface area (Å²) in [4.78, 5) is 37.7. The first-order chi connectivity index (χ1) is 13.4. The maximum atomic E-state index is 12.3. The van der Waals surface area contributed by atoms with Crippen LogP contribution >= 0.6 is 11.8 Å². The SMILES string of the molecule is Cc1nnc(SCC(=O)N[C@@H]2CC(=O)N(C(C)C)C2=O)n1Cc1ccccc1. The van der Waals surface area contributed by atoms with Gasteiger partial charge in [0.2, 0.25) is 11.8 Å². The molecule has 0 bridgehead atoms. The number of amides is 3. The molecule has 1 N–H and O–H groups in total. The van der Waals surface area contributed by atoms with Crippen molar-refractivity contribution in [3.05, 3.63) is 41.7 Å². The first-order valence-electron chi connectivity index (χ1n) is 9.08. The van der Waals surface area contributed by atoms with Crippen LogP contribution in [0.5, 0.6) is 0 Å². The maximum Gasteiger partial charge on any atom is 0.252 e. The lowest BCUT2D eigenvalue weighted by Gasteiger charge is -2.19. The van der Waals surface area contributed by atoms with Gasteiger partial charge in [0.25, 0.3) is 5.91 Å². The third kappa shape index (κ3) is 4.41. The van der Waals surface area contributed by atoms with E-state index in [1.54, 1.807) is 13.8 Å². The Hall–Kier alpha value is -2.68. The second-order valence-electron chi connectivity index (χ2n) is 6.91. The number of nitrogens with one attached hydrogen (secondary N) is 1. The number of carbonyl (C=O) groups excluding carboxylic acids is 3. The summed E-state index contributed by atoms with van der Waals surface area (Å²) in [5, 5.41) is 11.5. The van der Waals surface area contributed by atoms with Gasteiger partial charge in [-0.05, 0) is 26.3 Å². The van der Waals surface area contributed by atoms with Crippen LogP contribution in [0.1, 0.15) is 31.7 Å². The summed E-state index contributed by atoms with van der Waals surface area (Å²) in [6.45, 7) is 6.03. The highest BCUT2D eigenvalue weighted by molar-refractivity contribution is 7.99. The summed E-state index contributed by atoms with van der Waals surface area (Å²) < 4.78 is 1.94. The van der Waals surface area contributed by atoms with Crippen molar-refractivity contribution in [2.75, 3.05) is 5.75 Å². The Balaban J connectivity index is 1.58. The fraction of sp³-hybridized carbons (Fsp3) is 0.421. The third-order valence-electron chi connectivity index (χ3n) is 4.45. The Morgan fingerprint density at radius 3 is 2.61 bits per heavy atom. The van der Waals surface area contributed by atoms with E-state index < -0.39 is 6.04 Å². The van der Waals surface area contributed by atoms with Crippen LogP contribution in [-0.4, -0.2) is 55.2 Å². The average Bonchev–Trinajstić information content (AvgIpc) is 3.13. The molecule has 1 fully saturated rings. The minimum atomic E-state index is -0.785. The van der Waals surface area contributed by atoms with Gasteiger partial charge in [0.05, 0.1) is 18.7 Å². The van der Waals surface area contributed by atoms with Crippen LogP contribution in [0.2, 0.25) is 0 Å². The monoisotopic (exact) mass is 401 g/mol. The number of imide groups is 1. The molecule has 1 saturated heterocycles. The Morgan fingerprint density at radius 1 is 1.25 bits per heavy atom. The van der Waals surface area contributed by atoms with Gasteiger partial charge in [-0.1, -0.05) is 42.1 Å². The largest absolute Gasteiger partial charge is 0.343 e. The van der Waals surface area contributed by atoms with Crippen molar-refractivity contribution in [3.8, 4) is 0 Å². The Morgan fingerprint density at radius 2 is 1.96 bits per heavy atom. The minimum absolute atomic E-state index is 0.0106. The van der Waals surface area contributed by atoms with E-state index in [-0.39, 0.29) is 35.9 Å². The lowest BCUT2D eigenvalue weighted by Crippen LogP contribution is -2.44. The van der Waals surface area contributed by atoms with Gasteiger partial charge in [-0.3, -0.25) is 19.3 Å². The normalized spacial score (nSPS) is 16.9. The van der Waals surface area contributed by atoms with Gasteiger partial charge in [0, 0.05) is 6.04 Å². The lowest BCUT2D eigenvalue weighted by molar-refractivity contribution is -0.141. The quantitative estimate of drug-likeness (QED) is 0.556. The number of thioether (sulfide) groups is 1. The molecule has 28 heavy (non-hydrogen) atoms. The molecule has 1 aromatic heterocycles. The lowest BCUT2D eigenvalue weighted by atomic mass is 10.2. The van der Waals surface area contributed by atoms with Crippen molar-refractivity contribution >= 4 is 29.5 Å². The fourth-order valence-corrected chi connectivity index (χ4v) is 3.88. The average molecular weight is 401 g/mol. The molecule has 3 rings (SSSR count). The zero-order valence-corrected chi connectivity index (χ0v) is 16.9. The molecule has 3 amide bonds. The van der Waals surface area contributed by atoms with E-state index in [4.69, 9.17) is 0 Å². The zero-order valence-electron chi connectivity index (χ0n) is 16.1. The zero-order chi connectivity index (χ0) is 20.3. The summed E-state index contributed by atoms with van der Waals surface area (Å²) >= 11 is 1.26. The molecule has 0 aliphatic carbocycles. The second kappa shape index (κ2) is 8.55. The van der Waals surface area contributed by atoms with Crippen molar-refractivity contribution < 1.29 is 14.4 Å². The van der Waals surface area contributed by atoms with Crippen LogP contribution in [0.4, 0.5) is 0 Å². The molecular weight excluding hydrogens is 378 g/mol. The molecule has 1 aliphatic rings. The van der Waals surface area contributed by atoms with Crippen LogP contribution < -0.4 is 5.32 Å². The van der Waals surface area contributed by atoms with Gasteiger partial charge in [0.1, 0.15) is 11.9 Å². The Kier molecular flexibility index (Phi) is 6.13. The van der Waals surface area contributed by atoms with Gasteiger partial charge >= 0.3 is 0 Å². The van der Waals surface area contributed by atoms with E-state index >= 15 is 0 Å². The highest BCUT2D eigenvalue weighted by Crippen LogP contribution is 2.20. The van der Waals surface area contributed by atoms with Gasteiger partial charge in [-0.2, -0.15) is 0 Å². The van der Waals surface area contributed by atoms with E-state index in [0.717, 1.165) is 11.4 Å². The van der Waals surface area contributed by atoms with E-state index in [1.165, 1.54) is 16.7 Å². The smallest absolute Gasteiger partial charge is 0.252 e. The van der Waals surface area contributed by atoms with E-state index in [1.807, 2.05) is 41.8 Å². The van der Waals surface area contributed by atoms with Gasteiger partial charge < -0.3 is 9.88 Å². The topological polar surface area (TPSA) is 97.2 Å². The highest BCUT2D eigenvalue weighted by Gasteiger charge is 2.40. The number of hydrogen-bond acceptors (Lipinski definition) is 6. The van der Waals surface area contributed by atoms with Crippen molar-refractivity contribution in [1.29, 1.82) is 0 Å². The van der Waals surface area contributed by atoms with E-state index in [0.29, 0.717) is 11.7 Å². The Bertz CT molecular complexity index is 881. The first-order valence-corrected chi connectivity index (χ1v) is 10.1.